The van der Waals surface area contributed by atoms with Crippen molar-refractivity contribution in [3.63, 3.8) is 0 Å². The second kappa shape index (κ2) is 9.85. The topological polar surface area (TPSA) is 49.0 Å². The minimum Gasteiger partial charge on any atom is -0.478 e. The van der Waals surface area contributed by atoms with Crippen molar-refractivity contribution in [2.24, 2.45) is 17.8 Å². The summed E-state index contributed by atoms with van der Waals surface area (Å²) in [5, 5.41) is 3.52. The lowest BCUT2D eigenvalue weighted by Crippen LogP contribution is -2.40. The first-order valence-corrected chi connectivity index (χ1v) is 13.6. The van der Waals surface area contributed by atoms with Crippen LogP contribution in [0.5, 0.6) is 5.75 Å². The molecule has 5 nitrogen and oxygen atoms in total. The van der Waals surface area contributed by atoms with Gasteiger partial charge in [0.15, 0.2) is 0 Å². The van der Waals surface area contributed by atoms with Crippen LogP contribution in [-0.2, 0) is 14.5 Å². The Bertz CT molecular complexity index is 782. The zero-order valence-corrected chi connectivity index (χ0v) is 20.0. The van der Waals surface area contributed by atoms with Gasteiger partial charge in [-0.15, -0.1) is 0 Å². The molecule has 4 bridgehead atoms. The van der Waals surface area contributed by atoms with Gasteiger partial charge in [0, 0.05) is 19.3 Å². The molecule has 3 saturated heterocycles. The molecular weight excluding hydrogens is 414 g/mol. The molecule has 1 aromatic carbocycles. The maximum atomic E-state index is 6.44. The molecule has 33 heavy (non-hydrogen) atoms. The summed E-state index contributed by atoms with van der Waals surface area (Å²) in [6.07, 6.45) is 15.0. The number of ether oxygens (including phenoxy) is 2. The van der Waals surface area contributed by atoms with E-state index in [1.807, 2.05) is 0 Å². The molecule has 3 saturated carbocycles. The third kappa shape index (κ3) is 5.27. The molecule has 6 fully saturated rings. The van der Waals surface area contributed by atoms with Crippen LogP contribution >= 0.6 is 0 Å². The van der Waals surface area contributed by atoms with E-state index in [2.05, 4.69) is 29.6 Å². The third-order valence-corrected chi connectivity index (χ3v) is 9.18. The van der Waals surface area contributed by atoms with Crippen molar-refractivity contribution in [1.82, 2.24) is 5.32 Å². The minimum atomic E-state index is -0.103. The maximum absolute atomic E-state index is 6.44. The van der Waals surface area contributed by atoms with Crippen molar-refractivity contribution in [1.29, 1.82) is 0 Å². The van der Waals surface area contributed by atoms with E-state index in [4.69, 9.17) is 19.2 Å². The van der Waals surface area contributed by atoms with E-state index in [-0.39, 0.29) is 5.60 Å². The Morgan fingerprint density at radius 3 is 2.61 bits per heavy atom. The van der Waals surface area contributed by atoms with Gasteiger partial charge in [0.1, 0.15) is 18.1 Å². The quantitative estimate of drug-likeness (QED) is 0.454. The van der Waals surface area contributed by atoms with Gasteiger partial charge in [-0.05, 0) is 118 Å². The van der Waals surface area contributed by atoms with Crippen molar-refractivity contribution >= 4 is 0 Å². The van der Waals surface area contributed by atoms with Crippen LogP contribution in [0.1, 0.15) is 88.5 Å². The molecule has 3 aliphatic carbocycles. The standard InChI is InChI=1S/C28H41NO4/c1-3-23(16-26(5-1)31-19-29-25-6-9-30-10-7-25)24-4-2-8-28(18-24)17-22-12-20-11-21(13-22)15-27(14-20)32-33-28/h1,3,5,16,20-22,24-25,27,29H,2,4,6-15,17-19H2/t20?,21?,22?,24-,27?,28+/m1/s1. The smallest absolute Gasteiger partial charge is 0.139 e. The largest absolute Gasteiger partial charge is 0.478 e. The molecule has 1 aromatic rings. The summed E-state index contributed by atoms with van der Waals surface area (Å²) < 4.78 is 11.5. The van der Waals surface area contributed by atoms with Crippen LogP contribution in [0.3, 0.4) is 0 Å². The van der Waals surface area contributed by atoms with Gasteiger partial charge in [-0.1, -0.05) is 12.1 Å². The van der Waals surface area contributed by atoms with Gasteiger partial charge in [-0.25, -0.2) is 9.78 Å². The van der Waals surface area contributed by atoms with Crippen molar-refractivity contribution in [3.05, 3.63) is 29.8 Å². The van der Waals surface area contributed by atoms with E-state index in [1.165, 1.54) is 56.9 Å². The maximum Gasteiger partial charge on any atom is 0.139 e. The fourth-order valence-electron chi connectivity index (χ4n) is 7.78. The molecule has 1 spiro atoms. The Morgan fingerprint density at radius 1 is 0.939 bits per heavy atom. The summed E-state index contributed by atoms with van der Waals surface area (Å²) >= 11 is 0. The molecule has 4 atom stereocenters. The van der Waals surface area contributed by atoms with Crippen molar-refractivity contribution in [2.75, 3.05) is 19.9 Å². The molecule has 5 heteroatoms. The van der Waals surface area contributed by atoms with Crippen molar-refractivity contribution < 1.29 is 19.2 Å². The molecule has 6 aliphatic rings. The van der Waals surface area contributed by atoms with Gasteiger partial charge in [0.2, 0.25) is 0 Å². The van der Waals surface area contributed by atoms with E-state index in [9.17, 15) is 0 Å². The highest BCUT2D eigenvalue weighted by molar-refractivity contribution is 5.31. The van der Waals surface area contributed by atoms with Gasteiger partial charge in [-0.3, -0.25) is 5.32 Å². The van der Waals surface area contributed by atoms with E-state index >= 15 is 0 Å². The molecule has 3 aliphatic heterocycles. The van der Waals surface area contributed by atoms with Crippen LogP contribution in [0.25, 0.3) is 0 Å². The van der Waals surface area contributed by atoms with Crippen LogP contribution in [0.4, 0.5) is 0 Å². The Hall–Kier alpha value is -1.14. The summed E-state index contributed by atoms with van der Waals surface area (Å²) in [6, 6.07) is 9.29. The normalized spacial score (nSPS) is 39.2. The lowest BCUT2D eigenvalue weighted by atomic mass is 9.63. The average molecular weight is 456 g/mol. The van der Waals surface area contributed by atoms with Gasteiger partial charge in [0.25, 0.3) is 0 Å². The van der Waals surface area contributed by atoms with Crippen molar-refractivity contribution in [3.8, 4) is 5.75 Å². The zero-order valence-electron chi connectivity index (χ0n) is 20.0. The Kier molecular flexibility index (Phi) is 6.66. The predicted octanol–water partition coefficient (Wildman–Crippen LogP) is 5.73. The molecule has 7 rings (SSSR count). The summed E-state index contributed by atoms with van der Waals surface area (Å²) in [5.41, 5.74) is 1.29. The molecule has 0 aromatic heterocycles. The van der Waals surface area contributed by atoms with Gasteiger partial charge < -0.3 is 9.47 Å². The van der Waals surface area contributed by atoms with Crippen LogP contribution in [0.2, 0.25) is 0 Å². The fourth-order valence-corrected chi connectivity index (χ4v) is 7.78. The van der Waals surface area contributed by atoms with E-state index in [0.717, 1.165) is 62.4 Å². The second-order valence-corrected chi connectivity index (χ2v) is 11.7. The molecule has 1 N–H and O–H groups in total. The van der Waals surface area contributed by atoms with E-state index in [1.54, 1.807) is 0 Å². The lowest BCUT2D eigenvalue weighted by molar-refractivity contribution is -0.394. The Labute approximate surface area is 198 Å². The van der Waals surface area contributed by atoms with E-state index < -0.39 is 0 Å². The summed E-state index contributed by atoms with van der Waals surface area (Å²) in [6.45, 7) is 2.27. The number of hydrogen-bond acceptors (Lipinski definition) is 5. The summed E-state index contributed by atoms with van der Waals surface area (Å²) in [7, 11) is 0. The van der Waals surface area contributed by atoms with Crippen LogP contribution < -0.4 is 10.1 Å². The first-order chi connectivity index (χ1) is 16.2. The predicted molar refractivity (Wildman–Crippen MR) is 127 cm³/mol. The fraction of sp³-hybridized carbons (Fsp3) is 0.786. The minimum absolute atomic E-state index is 0.103. The molecule has 0 amide bonds. The number of benzene rings is 1. The number of rotatable bonds is 5. The number of nitrogens with one attached hydrogen (secondary N) is 1. The monoisotopic (exact) mass is 455 g/mol. The Morgan fingerprint density at radius 2 is 1.76 bits per heavy atom. The SMILES string of the molecule is c1cc(OCNC2CCOCC2)cc([C@@H]2CCC[C@]3(CC4CC5CC(C4)CC(C5)OO3)C2)c1. The molecule has 0 radical (unpaired) electrons. The first-order valence-electron chi connectivity index (χ1n) is 13.6. The highest BCUT2D eigenvalue weighted by atomic mass is 17.2. The van der Waals surface area contributed by atoms with Crippen molar-refractivity contribution in [2.45, 2.75) is 101 Å². The second-order valence-electron chi connectivity index (χ2n) is 11.7. The highest BCUT2D eigenvalue weighted by Crippen LogP contribution is 2.52. The number of hydrogen-bond donors (Lipinski definition) is 1. The highest BCUT2D eigenvalue weighted by Gasteiger charge is 2.47. The summed E-state index contributed by atoms with van der Waals surface area (Å²) in [4.78, 5) is 12.6. The number of fused-ring (bicyclic) bond motifs is 1. The molecule has 182 valence electrons. The Balaban J connectivity index is 1.11. The third-order valence-electron chi connectivity index (χ3n) is 9.18. The molecule has 2 unspecified atom stereocenters. The van der Waals surface area contributed by atoms with E-state index in [0.29, 0.717) is 24.8 Å². The molecule has 3 heterocycles. The van der Waals surface area contributed by atoms with Gasteiger partial charge >= 0.3 is 0 Å². The van der Waals surface area contributed by atoms with Crippen LogP contribution in [-0.4, -0.2) is 37.7 Å². The summed E-state index contributed by atoms with van der Waals surface area (Å²) in [5.74, 6) is 4.04. The lowest BCUT2D eigenvalue weighted by Gasteiger charge is -2.43. The molecular formula is C28H41NO4. The first kappa shape index (κ1) is 22.3. The van der Waals surface area contributed by atoms with Crippen LogP contribution in [0, 0.1) is 17.8 Å². The average Bonchev–Trinajstić information content (AvgIpc) is 2.90. The van der Waals surface area contributed by atoms with Gasteiger partial charge in [-0.2, -0.15) is 0 Å². The zero-order chi connectivity index (χ0) is 22.1. The van der Waals surface area contributed by atoms with Gasteiger partial charge in [0.05, 0.1) is 6.10 Å². The van der Waals surface area contributed by atoms with Crippen LogP contribution in [0.15, 0.2) is 24.3 Å².